The third-order valence-electron chi connectivity index (χ3n) is 4.07. The summed E-state index contributed by atoms with van der Waals surface area (Å²) in [5.41, 5.74) is 2.72. The predicted octanol–water partition coefficient (Wildman–Crippen LogP) is 5.39. The van der Waals surface area contributed by atoms with E-state index in [0.29, 0.717) is 6.54 Å². The Balaban J connectivity index is 1.84. The molecule has 0 aliphatic heterocycles. The van der Waals surface area contributed by atoms with Gasteiger partial charge in [-0.25, -0.2) is 4.99 Å². The van der Waals surface area contributed by atoms with Crippen LogP contribution in [0.1, 0.15) is 0 Å². The summed E-state index contributed by atoms with van der Waals surface area (Å²) in [5, 5.41) is 3.16. The van der Waals surface area contributed by atoms with E-state index in [9.17, 15) is 0 Å². The lowest BCUT2D eigenvalue weighted by molar-refractivity contribution is 0.415. The van der Waals surface area contributed by atoms with Gasteiger partial charge in [0.15, 0.2) is 10.6 Å². The number of methoxy groups -OCH3 is 1. The second-order valence-electron chi connectivity index (χ2n) is 5.76. The second-order valence-corrected chi connectivity index (χ2v) is 6.60. The molecule has 4 aromatic rings. The number of furan rings is 1. The van der Waals surface area contributed by atoms with E-state index in [4.69, 9.17) is 14.1 Å². The summed E-state index contributed by atoms with van der Waals surface area (Å²) >= 11 is 1.58. The van der Waals surface area contributed by atoms with Crippen LogP contribution >= 0.6 is 11.3 Å². The quantitative estimate of drug-likeness (QED) is 0.447. The van der Waals surface area contributed by atoms with Crippen LogP contribution in [-0.4, -0.2) is 11.7 Å². The van der Waals surface area contributed by atoms with Gasteiger partial charge in [0.2, 0.25) is 0 Å². The zero-order chi connectivity index (χ0) is 17.9. The largest absolute Gasteiger partial charge is 0.497 e. The lowest BCUT2D eigenvalue weighted by Crippen LogP contribution is -2.14. The zero-order valence-corrected chi connectivity index (χ0v) is 15.2. The van der Waals surface area contributed by atoms with Crippen molar-refractivity contribution in [2.45, 2.75) is 6.54 Å². The van der Waals surface area contributed by atoms with E-state index >= 15 is 0 Å². The van der Waals surface area contributed by atoms with Crippen LogP contribution in [0.15, 0.2) is 82.0 Å². The van der Waals surface area contributed by atoms with Gasteiger partial charge in [0.1, 0.15) is 11.3 Å². The van der Waals surface area contributed by atoms with E-state index in [1.54, 1.807) is 18.4 Å². The van der Waals surface area contributed by atoms with Crippen molar-refractivity contribution in [2.24, 2.45) is 4.99 Å². The van der Waals surface area contributed by atoms with Gasteiger partial charge < -0.3 is 13.7 Å². The maximum Gasteiger partial charge on any atom is 0.190 e. The Morgan fingerprint density at radius 3 is 2.88 bits per heavy atom. The maximum absolute atomic E-state index is 6.03. The molecule has 2 heterocycles. The molecule has 0 bridgehead atoms. The number of aromatic nitrogens is 1. The average Bonchev–Trinajstić information content (AvgIpc) is 3.26. The van der Waals surface area contributed by atoms with Crippen molar-refractivity contribution >= 4 is 28.0 Å². The fourth-order valence-corrected chi connectivity index (χ4v) is 3.74. The first-order valence-electron chi connectivity index (χ1n) is 8.25. The van der Waals surface area contributed by atoms with Gasteiger partial charge in [-0.1, -0.05) is 30.3 Å². The van der Waals surface area contributed by atoms with Gasteiger partial charge in [-0.2, -0.15) is 0 Å². The average molecular weight is 362 g/mol. The Hall–Kier alpha value is -3.05. The minimum atomic E-state index is 0.651. The number of thiazole rings is 1. The first-order valence-corrected chi connectivity index (χ1v) is 9.13. The van der Waals surface area contributed by atoms with Crippen molar-refractivity contribution in [3.63, 3.8) is 0 Å². The van der Waals surface area contributed by atoms with Gasteiger partial charge in [-0.3, -0.25) is 0 Å². The Kier molecular flexibility index (Phi) is 4.46. The Morgan fingerprint density at radius 2 is 2.08 bits per heavy atom. The third kappa shape index (κ3) is 3.09. The molecule has 2 aromatic heterocycles. The standard InChI is InChI=1S/C21H18N2O2S/c1-3-11-23-18(20-12-15-7-4-5-10-19(15)25-20)14-26-21(23)22-16-8-6-9-17(13-16)24-2/h3-10,12-14H,1,11H2,2H3. The molecule has 4 rings (SSSR count). The molecule has 26 heavy (non-hydrogen) atoms. The first-order chi connectivity index (χ1) is 12.8. The van der Waals surface area contributed by atoms with Crippen molar-refractivity contribution in [3.05, 3.63) is 77.4 Å². The van der Waals surface area contributed by atoms with E-state index in [1.165, 1.54) is 0 Å². The molecule has 0 N–H and O–H groups in total. The molecule has 0 aliphatic rings. The summed E-state index contributed by atoms with van der Waals surface area (Å²) in [7, 11) is 1.65. The highest BCUT2D eigenvalue weighted by molar-refractivity contribution is 7.07. The van der Waals surface area contributed by atoms with Crippen LogP contribution in [0.2, 0.25) is 0 Å². The van der Waals surface area contributed by atoms with E-state index in [-0.39, 0.29) is 0 Å². The molecular weight excluding hydrogens is 344 g/mol. The van der Waals surface area contributed by atoms with Crippen molar-refractivity contribution in [1.29, 1.82) is 0 Å². The summed E-state index contributed by atoms with van der Waals surface area (Å²) in [4.78, 5) is 5.66. The van der Waals surface area contributed by atoms with Gasteiger partial charge in [0.25, 0.3) is 0 Å². The van der Waals surface area contributed by atoms with E-state index in [0.717, 1.165) is 38.7 Å². The highest BCUT2D eigenvalue weighted by Crippen LogP contribution is 2.28. The van der Waals surface area contributed by atoms with Crippen molar-refractivity contribution in [3.8, 4) is 17.2 Å². The lowest BCUT2D eigenvalue weighted by Gasteiger charge is -2.04. The summed E-state index contributed by atoms with van der Waals surface area (Å²) in [5.74, 6) is 1.62. The molecule has 0 fully saturated rings. The van der Waals surface area contributed by atoms with Crippen molar-refractivity contribution < 1.29 is 9.15 Å². The van der Waals surface area contributed by atoms with E-state index < -0.39 is 0 Å². The highest BCUT2D eigenvalue weighted by atomic mass is 32.1. The van der Waals surface area contributed by atoms with Gasteiger partial charge >= 0.3 is 0 Å². The first kappa shape index (κ1) is 16.4. The molecule has 2 aromatic carbocycles. The van der Waals surface area contributed by atoms with Crippen LogP contribution < -0.4 is 9.54 Å². The molecule has 4 nitrogen and oxygen atoms in total. The fourth-order valence-electron chi connectivity index (χ4n) is 2.82. The Bertz CT molecular complexity index is 1100. The molecule has 0 amide bonds. The lowest BCUT2D eigenvalue weighted by atomic mass is 10.2. The monoisotopic (exact) mass is 362 g/mol. The molecule has 0 atom stereocenters. The molecule has 0 saturated carbocycles. The number of benzene rings is 2. The van der Waals surface area contributed by atoms with Crippen LogP contribution in [0.5, 0.6) is 5.75 Å². The minimum absolute atomic E-state index is 0.651. The van der Waals surface area contributed by atoms with Crippen LogP contribution in [0.4, 0.5) is 5.69 Å². The molecular formula is C21H18N2O2S. The van der Waals surface area contributed by atoms with Crippen LogP contribution in [-0.2, 0) is 6.54 Å². The van der Waals surface area contributed by atoms with Crippen LogP contribution in [0.3, 0.4) is 0 Å². The highest BCUT2D eigenvalue weighted by Gasteiger charge is 2.12. The number of rotatable bonds is 5. The summed E-state index contributed by atoms with van der Waals surface area (Å²) in [6, 6.07) is 17.8. The van der Waals surface area contributed by atoms with Gasteiger partial charge in [-0.15, -0.1) is 17.9 Å². The zero-order valence-electron chi connectivity index (χ0n) is 14.4. The molecule has 0 saturated heterocycles. The van der Waals surface area contributed by atoms with Gasteiger partial charge in [0.05, 0.1) is 18.5 Å². The van der Waals surface area contributed by atoms with Crippen molar-refractivity contribution in [2.75, 3.05) is 7.11 Å². The smallest absolute Gasteiger partial charge is 0.190 e. The molecule has 0 unspecified atom stereocenters. The number of fused-ring (bicyclic) bond motifs is 1. The van der Waals surface area contributed by atoms with Crippen LogP contribution in [0, 0.1) is 0 Å². The minimum Gasteiger partial charge on any atom is -0.497 e. The number of para-hydroxylation sites is 1. The van der Waals surface area contributed by atoms with Gasteiger partial charge in [-0.05, 0) is 24.3 Å². The van der Waals surface area contributed by atoms with Crippen molar-refractivity contribution in [1.82, 2.24) is 4.57 Å². The summed E-state index contributed by atoms with van der Waals surface area (Å²) < 4.78 is 13.4. The molecule has 5 heteroatoms. The molecule has 0 spiro atoms. The summed E-state index contributed by atoms with van der Waals surface area (Å²) in [6.45, 7) is 4.53. The normalized spacial score (nSPS) is 11.8. The molecule has 130 valence electrons. The number of hydrogen-bond acceptors (Lipinski definition) is 4. The fraction of sp³-hybridized carbons (Fsp3) is 0.0952. The molecule has 0 aliphatic carbocycles. The van der Waals surface area contributed by atoms with Crippen LogP contribution in [0.25, 0.3) is 22.4 Å². The predicted molar refractivity (Wildman–Crippen MR) is 106 cm³/mol. The number of hydrogen-bond donors (Lipinski definition) is 0. The van der Waals surface area contributed by atoms with E-state index in [1.807, 2.05) is 54.6 Å². The van der Waals surface area contributed by atoms with Gasteiger partial charge in [0, 0.05) is 23.4 Å². The molecule has 0 radical (unpaired) electrons. The number of ether oxygens (including phenoxy) is 1. The number of allylic oxidation sites excluding steroid dienone is 1. The third-order valence-corrected chi connectivity index (χ3v) is 4.93. The Morgan fingerprint density at radius 1 is 1.19 bits per heavy atom. The summed E-state index contributed by atoms with van der Waals surface area (Å²) in [6.07, 6.45) is 1.86. The van der Waals surface area contributed by atoms with E-state index in [2.05, 4.69) is 22.6 Å². The maximum atomic E-state index is 6.03. The second kappa shape index (κ2) is 7.06. The Labute approximate surface area is 155 Å². The topological polar surface area (TPSA) is 39.7 Å². The SMILES string of the molecule is C=CCn1c(-c2cc3ccccc3o2)csc1=Nc1cccc(OC)c1. The number of nitrogens with zero attached hydrogens (tertiary/aromatic N) is 2.